The Balaban J connectivity index is 4.35. The third-order valence-electron chi connectivity index (χ3n) is 1.57. The van der Waals surface area contributed by atoms with Gasteiger partial charge in [0, 0.05) is 0 Å². The van der Waals surface area contributed by atoms with Crippen LogP contribution in [0.5, 0.6) is 0 Å². The number of carboxylic acids is 1. The molecule has 0 saturated carbocycles. The molecule has 1 N–H and O–H groups in total. The molecule has 0 aliphatic carbocycles. The van der Waals surface area contributed by atoms with E-state index < -0.39 is 19.5 Å². The fraction of sp³-hybridized carbons (Fsp3) is 0.875. The molecule has 84 valence electrons. The molecule has 14 heavy (non-hydrogen) atoms. The van der Waals surface area contributed by atoms with E-state index >= 15 is 0 Å². The Morgan fingerprint density at radius 2 is 1.79 bits per heavy atom. The zero-order chi connectivity index (χ0) is 11.2. The van der Waals surface area contributed by atoms with Crippen molar-refractivity contribution in [2.24, 2.45) is 5.92 Å². The molecule has 0 heterocycles. The van der Waals surface area contributed by atoms with E-state index in [9.17, 15) is 9.36 Å². The normalized spacial score (nSPS) is 13.9. The van der Waals surface area contributed by atoms with Crippen molar-refractivity contribution >= 4 is 13.6 Å². The average Bonchev–Trinajstić information content (AvgIpc) is 2.04. The molecular weight excluding hydrogens is 207 g/mol. The van der Waals surface area contributed by atoms with Gasteiger partial charge in [-0.15, -0.1) is 0 Å². The molecule has 0 aliphatic rings. The molecule has 0 aromatic rings. The van der Waals surface area contributed by atoms with Gasteiger partial charge in [0.05, 0.1) is 25.3 Å². The number of hydrogen-bond acceptors (Lipinski definition) is 4. The fourth-order valence-electron chi connectivity index (χ4n) is 0.950. The minimum Gasteiger partial charge on any atom is -0.481 e. The largest absolute Gasteiger partial charge is 0.481 e. The number of rotatable bonds is 7. The SMILES string of the molecule is CCOP(=O)(CC(C)C(=O)O)OCC. The van der Waals surface area contributed by atoms with Crippen molar-refractivity contribution in [2.75, 3.05) is 19.4 Å². The molecule has 0 bridgehead atoms. The lowest BCUT2D eigenvalue weighted by Gasteiger charge is -2.18. The van der Waals surface area contributed by atoms with Crippen LogP contribution < -0.4 is 0 Å². The molecule has 0 rings (SSSR count). The van der Waals surface area contributed by atoms with E-state index in [1.807, 2.05) is 0 Å². The first-order chi connectivity index (χ1) is 6.45. The van der Waals surface area contributed by atoms with Crippen LogP contribution in [0.25, 0.3) is 0 Å². The summed E-state index contributed by atoms with van der Waals surface area (Å²) in [4.78, 5) is 10.6. The van der Waals surface area contributed by atoms with Crippen molar-refractivity contribution < 1.29 is 23.5 Å². The van der Waals surface area contributed by atoms with Crippen LogP contribution in [-0.2, 0) is 18.4 Å². The maximum Gasteiger partial charge on any atom is 0.331 e. The standard InChI is InChI=1S/C8H17O5P/c1-4-12-14(11,13-5-2)6-7(3)8(9)10/h7H,4-6H2,1-3H3,(H,9,10). The maximum atomic E-state index is 11.8. The highest BCUT2D eigenvalue weighted by atomic mass is 31.2. The van der Waals surface area contributed by atoms with Crippen LogP contribution in [-0.4, -0.2) is 30.5 Å². The summed E-state index contributed by atoms with van der Waals surface area (Å²) in [6.45, 7) is 5.37. The predicted octanol–water partition coefficient (Wildman–Crippen LogP) is 1.97. The lowest BCUT2D eigenvalue weighted by Crippen LogP contribution is -2.16. The summed E-state index contributed by atoms with van der Waals surface area (Å²) in [6.07, 6.45) is -0.0794. The van der Waals surface area contributed by atoms with Crippen LogP contribution in [0, 0.1) is 5.92 Å². The smallest absolute Gasteiger partial charge is 0.331 e. The summed E-state index contributed by atoms with van der Waals surface area (Å²) < 4.78 is 21.7. The van der Waals surface area contributed by atoms with Crippen molar-refractivity contribution in [1.29, 1.82) is 0 Å². The second-order valence-corrected chi connectivity index (χ2v) is 4.97. The topological polar surface area (TPSA) is 72.8 Å². The van der Waals surface area contributed by atoms with E-state index in [4.69, 9.17) is 14.2 Å². The first-order valence-corrected chi connectivity index (χ1v) is 6.29. The monoisotopic (exact) mass is 224 g/mol. The highest BCUT2D eigenvalue weighted by Crippen LogP contribution is 2.49. The summed E-state index contributed by atoms with van der Waals surface area (Å²) in [5, 5.41) is 8.65. The van der Waals surface area contributed by atoms with Crippen LogP contribution >= 0.6 is 7.60 Å². The summed E-state index contributed by atoms with van der Waals surface area (Å²) in [6, 6.07) is 0. The third-order valence-corrected chi connectivity index (χ3v) is 3.87. The van der Waals surface area contributed by atoms with E-state index in [0.717, 1.165) is 0 Å². The first-order valence-electron chi connectivity index (χ1n) is 4.56. The van der Waals surface area contributed by atoms with Crippen molar-refractivity contribution in [3.05, 3.63) is 0 Å². The minimum absolute atomic E-state index is 0.0794. The molecule has 5 nitrogen and oxygen atoms in total. The van der Waals surface area contributed by atoms with Gasteiger partial charge in [0.2, 0.25) is 0 Å². The Morgan fingerprint density at radius 1 is 1.36 bits per heavy atom. The maximum absolute atomic E-state index is 11.8. The predicted molar refractivity (Wildman–Crippen MR) is 52.5 cm³/mol. The van der Waals surface area contributed by atoms with Crippen LogP contribution in [0.15, 0.2) is 0 Å². The molecule has 0 aromatic heterocycles. The van der Waals surface area contributed by atoms with Crippen molar-refractivity contribution in [2.45, 2.75) is 20.8 Å². The Labute approximate surface area is 83.9 Å². The zero-order valence-corrected chi connectivity index (χ0v) is 9.62. The molecular formula is C8H17O5P. The van der Waals surface area contributed by atoms with Gasteiger partial charge in [0.25, 0.3) is 0 Å². The molecule has 1 unspecified atom stereocenters. The number of carboxylic acid groups (broad SMARTS) is 1. The van der Waals surface area contributed by atoms with E-state index in [1.54, 1.807) is 13.8 Å². The van der Waals surface area contributed by atoms with E-state index in [-0.39, 0.29) is 19.4 Å². The van der Waals surface area contributed by atoms with Gasteiger partial charge in [-0.3, -0.25) is 9.36 Å². The van der Waals surface area contributed by atoms with Crippen molar-refractivity contribution in [1.82, 2.24) is 0 Å². The molecule has 0 spiro atoms. The average molecular weight is 224 g/mol. The highest BCUT2D eigenvalue weighted by molar-refractivity contribution is 7.53. The van der Waals surface area contributed by atoms with Crippen LogP contribution in [0.2, 0.25) is 0 Å². The Kier molecular flexibility index (Phi) is 6.00. The molecule has 0 saturated heterocycles. The minimum atomic E-state index is -3.21. The van der Waals surface area contributed by atoms with Crippen LogP contribution in [0.1, 0.15) is 20.8 Å². The molecule has 0 aliphatic heterocycles. The third kappa shape index (κ3) is 4.74. The quantitative estimate of drug-likeness (QED) is 0.669. The van der Waals surface area contributed by atoms with E-state index in [1.165, 1.54) is 6.92 Å². The Morgan fingerprint density at radius 3 is 2.07 bits per heavy atom. The van der Waals surface area contributed by atoms with Gasteiger partial charge in [0.1, 0.15) is 0 Å². The van der Waals surface area contributed by atoms with Crippen molar-refractivity contribution in [3.63, 3.8) is 0 Å². The summed E-state index contributed by atoms with van der Waals surface area (Å²) in [7, 11) is -3.21. The second kappa shape index (κ2) is 6.17. The second-order valence-electron chi connectivity index (χ2n) is 2.87. The zero-order valence-electron chi connectivity index (χ0n) is 8.73. The van der Waals surface area contributed by atoms with Gasteiger partial charge < -0.3 is 14.2 Å². The lowest BCUT2D eigenvalue weighted by molar-refractivity contribution is -0.140. The molecule has 0 radical (unpaired) electrons. The van der Waals surface area contributed by atoms with Crippen LogP contribution in [0.4, 0.5) is 0 Å². The molecule has 0 fully saturated rings. The number of hydrogen-bond donors (Lipinski definition) is 1. The molecule has 1 atom stereocenters. The summed E-state index contributed by atoms with van der Waals surface area (Å²) in [5.41, 5.74) is 0. The first kappa shape index (κ1) is 13.6. The summed E-state index contributed by atoms with van der Waals surface area (Å²) >= 11 is 0. The summed E-state index contributed by atoms with van der Waals surface area (Å²) in [5.74, 6) is -1.72. The van der Waals surface area contributed by atoms with Gasteiger partial charge in [-0.1, -0.05) is 6.92 Å². The molecule has 0 amide bonds. The van der Waals surface area contributed by atoms with Gasteiger partial charge in [-0.2, -0.15) is 0 Å². The van der Waals surface area contributed by atoms with E-state index in [2.05, 4.69) is 0 Å². The van der Waals surface area contributed by atoms with E-state index in [0.29, 0.717) is 0 Å². The fourth-order valence-corrected chi connectivity index (χ4v) is 2.85. The van der Waals surface area contributed by atoms with Crippen LogP contribution in [0.3, 0.4) is 0 Å². The Bertz CT molecular complexity index is 218. The molecule has 6 heteroatoms. The number of carbonyl (C=O) groups is 1. The van der Waals surface area contributed by atoms with Gasteiger partial charge in [-0.05, 0) is 13.8 Å². The van der Waals surface area contributed by atoms with Crippen molar-refractivity contribution in [3.8, 4) is 0 Å². The molecule has 0 aromatic carbocycles. The lowest BCUT2D eigenvalue weighted by atomic mass is 10.2. The highest BCUT2D eigenvalue weighted by Gasteiger charge is 2.29. The van der Waals surface area contributed by atoms with Gasteiger partial charge >= 0.3 is 13.6 Å². The van der Waals surface area contributed by atoms with Gasteiger partial charge in [-0.25, -0.2) is 0 Å². The number of aliphatic carboxylic acids is 1. The Hall–Kier alpha value is -0.380. The van der Waals surface area contributed by atoms with Gasteiger partial charge in [0.15, 0.2) is 0 Å².